The number of rotatable bonds is 0. The van der Waals surface area contributed by atoms with Crippen LogP contribution in [0.15, 0.2) is 10.8 Å². The second-order valence-electron chi connectivity index (χ2n) is 3.14. The molecule has 0 radical (unpaired) electrons. The predicted molar refractivity (Wildman–Crippen MR) is 47.1 cm³/mol. The van der Waals surface area contributed by atoms with E-state index in [0.717, 1.165) is 35.5 Å². The van der Waals surface area contributed by atoms with Crippen molar-refractivity contribution in [3.8, 4) is 11.3 Å². The average molecular weight is 189 g/mol. The SMILES string of the molecule is Nc1nnc2c(n1)-c1conc1CC2. The van der Waals surface area contributed by atoms with E-state index in [4.69, 9.17) is 10.3 Å². The molecule has 2 N–H and O–H groups in total. The van der Waals surface area contributed by atoms with E-state index < -0.39 is 0 Å². The maximum absolute atomic E-state index is 5.47. The molecule has 0 saturated heterocycles. The molecule has 1 aliphatic carbocycles. The van der Waals surface area contributed by atoms with Crippen molar-refractivity contribution in [2.24, 2.45) is 0 Å². The van der Waals surface area contributed by atoms with Crippen molar-refractivity contribution in [1.82, 2.24) is 20.3 Å². The molecule has 0 amide bonds. The number of nitrogen functional groups attached to an aromatic ring is 1. The Bertz CT molecular complexity index is 492. The number of nitrogens with zero attached hydrogens (tertiary/aromatic N) is 4. The Morgan fingerprint density at radius 1 is 1.21 bits per heavy atom. The number of aromatic nitrogens is 4. The fourth-order valence-corrected chi connectivity index (χ4v) is 1.61. The van der Waals surface area contributed by atoms with Gasteiger partial charge in [-0.05, 0) is 12.8 Å². The molecular formula is C8H7N5O. The summed E-state index contributed by atoms with van der Waals surface area (Å²) >= 11 is 0. The zero-order chi connectivity index (χ0) is 9.54. The van der Waals surface area contributed by atoms with Crippen LogP contribution in [-0.2, 0) is 12.8 Å². The van der Waals surface area contributed by atoms with Gasteiger partial charge < -0.3 is 10.3 Å². The first-order chi connectivity index (χ1) is 6.84. The molecule has 70 valence electrons. The van der Waals surface area contributed by atoms with Gasteiger partial charge in [-0.1, -0.05) is 5.16 Å². The Hall–Kier alpha value is -1.98. The van der Waals surface area contributed by atoms with Gasteiger partial charge in [0.05, 0.1) is 17.0 Å². The summed E-state index contributed by atoms with van der Waals surface area (Å²) in [4.78, 5) is 4.13. The highest BCUT2D eigenvalue weighted by Crippen LogP contribution is 2.29. The minimum Gasteiger partial charge on any atom is -0.366 e. The number of hydrogen-bond acceptors (Lipinski definition) is 6. The normalized spacial score (nSPS) is 13.4. The van der Waals surface area contributed by atoms with Crippen LogP contribution in [0, 0.1) is 0 Å². The topological polar surface area (TPSA) is 90.7 Å². The Morgan fingerprint density at radius 3 is 3.00 bits per heavy atom. The molecule has 6 nitrogen and oxygen atoms in total. The van der Waals surface area contributed by atoms with Gasteiger partial charge in [0.15, 0.2) is 0 Å². The molecule has 0 spiro atoms. The van der Waals surface area contributed by atoms with E-state index in [2.05, 4.69) is 20.3 Å². The number of aryl methyl sites for hydroxylation is 2. The van der Waals surface area contributed by atoms with E-state index in [1.165, 1.54) is 0 Å². The summed E-state index contributed by atoms with van der Waals surface area (Å²) in [5.41, 5.74) is 8.87. The fourth-order valence-electron chi connectivity index (χ4n) is 1.61. The highest BCUT2D eigenvalue weighted by atomic mass is 16.5. The summed E-state index contributed by atoms with van der Waals surface area (Å²) in [6.45, 7) is 0. The van der Waals surface area contributed by atoms with Gasteiger partial charge in [-0.25, -0.2) is 4.98 Å². The maximum atomic E-state index is 5.47. The molecule has 2 aromatic heterocycles. The van der Waals surface area contributed by atoms with Gasteiger partial charge in [0, 0.05) is 0 Å². The zero-order valence-electron chi connectivity index (χ0n) is 7.27. The first-order valence-electron chi connectivity index (χ1n) is 4.27. The van der Waals surface area contributed by atoms with Crippen LogP contribution < -0.4 is 5.73 Å². The third kappa shape index (κ3) is 0.905. The lowest BCUT2D eigenvalue weighted by molar-refractivity contribution is 0.412. The summed E-state index contributed by atoms with van der Waals surface area (Å²) in [7, 11) is 0. The van der Waals surface area contributed by atoms with Gasteiger partial charge in [-0.2, -0.15) is 0 Å². The van der Waals surface area contributed by atoms with E-state index in [9.17, 15) is 0 Å². The monoisotopic (exact) mass is 189 g/mol. The first-order valence-corrected chi connectivity index (χ1v) is 4.27. The van der Waals surface area contributed by atoms with Crippen molar-refractivity contribution >= 4 is 5.95 Å². The molecule has 0 fully saturated rings. The summed E-state index contributed by atoms with van der Waals surface area (Å²) < 4.78 is 4.89. The highest BCUT2D eigenvalue weighted by Gasteiger charge is 2.22. The molecule has 0 bridgehead atoms. The van der Waals surface area contributed by atoms with Crippen molar-refractivity contribution in [2.45, 2.75) is 12.8 Å². The smallest absolute Gasteiger partial charge is 0.240 e. The van der Waals surface area contributed by atoms with Crippen LogP contribution in [0.3, 0.4) is 0 Å². The highest BCUT2D eigenvalue weighted by molar-refractivity contribution is 5.65. The van der Waals surface area contributed by atoms with E-state index in [1.807, 2.05) is 0 Å². The van der Waals surface area contributed by atoms with Crippen LogP contribution in [0.2, 0.25) is 0 Å². The van der Waals surface area contributed by atoms with Gasteiger partial charge >= 0.3 is 0 Å². The van der Waals surface area contributed by atoms with Crippen LogP contribution in [0.25, 0.3) is 11.3 Å². The summed E-state index contributed by atoms with van der Waals surface area (Å²) in [5, 5.41) is 11.6. The van der Waals surface area contributed by atoms with E-state index in [-0.39, 0.29) is 5.95 Å². The standard InChI is InChI=1S/C8H7N5O/c9-8-10-7-4-3-14-13-5(4)1-2-6(7)11-12-8/h3H,1-2H2,(H2,9,10,12). The van der Waals surface area contributed by atoms with Gasteiger partial charge in [0.1, 0.15) is 12.0 Å². The molecule has 2 heterocycles. The average Bonchev–Trinajstić information content (AvgIpc) is 2.65. The Morgan fingerprint density at radius 2 is 2.07 bits per heavy atom. The van der Waals surface area contributed by atoms with Crippen molar-refractivity contribution < 1.29 is 4.52 Å². The van der Waals surface area contributed by atoms with Crippen molar-refractivity contribution in [3.63, 3.8) is 0 Å². The Kier molecular flexibility index (Phi) is 1.33. The molecule has 0 aliphatic heterocycles. The molecular weight excluding hydrogens is 182 g/mol. The molecule has 0 atom stereocenters. The Labute approximate surface area is 79.1 Å². The van der Waals surface area contributed by atoms with Crippen LogP contribution in [0.1, 0.15) is 11.4 Å². The Balaban J connectivity index is 2.28. The van der Waals surface area contributed by atoms with Crippen LogP contribution in [-0.4, -0.2) is 20.3 Å². The minimum atomic E-state index is 0.179. The van der Waals surface area contributed by atoms with Crippen LogP contribution in [0.4, 0.5) is 5.95 Å². The van der Waals surface area contributed by atoms with Crippen LogP contribution in [0.5, 0.6) is 0 Å². The largest absolute Gasteiger partial charge is 0.366 e. The number of anilines is 1. The molecule has 0 saturated carbocycles. The van der Waals surface area contributed by atoms with Crippen molar-refractivity contribution in [3.05, 3.63) is 17.7 Å². The fraction of sp³-hybridized carbons (Fsp3) is 0.250. The van der Waals surface area contributed by atoms with Gasteiger partial charge in [0.2, 0.25) is 5.95 Å². The predicted octanol–water partition coefficient (Wildman–Crippen LogP) is 0.207. The molecule has 0 aromatic carbocycles. The second kappa shape index (κ2) is 2.50. The van der Waals surface area contributed by atoms with Gasteiger partial charge in [0.25, 0.3) is 0 Å². The molecule has 3 rings (SSSR count). The summed E-state index contributed by atoms with van der Waals surface area (Å²) in [5.74, 6) is 0.179. The minimum absolute atomic E-state index is 0.179. The van der Waals surface area contributed by atoms with E-state index in [0.29, 0.717) is 0 Å². The second-order valence-corrected chi connectivity index (χ2v) is 3.14. The lowest BCUT2D eigenvalue weighted by atomic mass is 9.99. The maximum Gasteiger partial charge on any atom is 0.240 e. The first kappa shape index (κ1) is 7.43. The van der Waals surface area contributed by atoms with Crippen molar-refractivity contribution in [1.29, 1.82) is 0 Å². The van der Waals surface area contributed by atoms with E-state index in [1.54, 1.807) is 6.26 Å². The van der Waals surface area contributed by atoms with Gasteiger partial charge in [-0.15, -0.1) is 10.2 Å². The molecule has 0 unspecified atom stereocenters. The molecule has 2 aromatic rings. The zero-order valence-corrected chi connectivity index (χ0v) is 7.27. The lowest BCUT2D eigenvalue weighted by Gasteiger charge is -2.10. The summed E-state index contributed by atoms with van der Waals surface area (Å²) in [6.07, 6.45) is 3.18. The quantitative estimate of drug-likeness (QED) is 0.636. The number of hydrogen-bond donors (Lipinski definition) is 1. The lowest BCUT2D eigenvalue weighted by Crippen LogP contribution is -2.10. The molecule has 14 heavy (non-hydrogen) atoms. The molecule has 1 aliphatic rings. The summed E-state index contributed by atoms with van der Waals surface area (Å²) in [6, 6.07) is 0. The third-order valence-corrected chi connectivity index (χ3v) is 2.27. The third-order valence-electron chi connectivity index (χ3n) is 2.27. The van der Waals surface area contributed by atoms with E-state index >= 15 is 0 Å². The van der Waals surface area contributed by atoms with Crippen molar-refractivity contribution in [2.75, 3.05) is 5.73 Å². The molecule has 6 heteroatoms. The van der Waals surface area contributed by atoms with Gasteiger partial charge in [-0.3, -0.25) is 0 Å². The number of fused-ring (bicyclic) bond motifs is 3. The van der Waals surface area contributed by atoms with Crippen LogP contribution >= 0.6 is 0 Å². The number of nitrogens with two attached hydrogens (primary N) is 1.